The number of carbonyl (C=O) groups excluding carboxylic acids is 2. The molecular formula is C13H12O2. The number of hydrogen-bond donors (Lipinski definition) is 0. The summed E-state index contributed by atoms with van der Waals surface area (Å²) in [4.78, 5) is 23.5. The van der Waals surface area contributed by atoms with Gasteiger partial charge < -0.3 is 0 Å². The van der Waals surface area contributed by atoms with E-state index in [1.807, 2.05) is 0 Å². The van der Waals surface area contributed by atoms with Gasteiger partial charge in [-0.2, -0.15) is 0 Å². The zero-order chi connectivity index (χ0) is 10.6. The number of rotatable bonds is 0. The normalized spacial score (nSPS) is 33.3. The van der Waals surface area contributed by atoms with Gasteiger partial charge in [0.1, 0.15) is 0 Å². The molecule has 4 aliphatic carbocycles. The van der Waals surface area contributed by atoms with Crippen molar-refractivity contribution in [3.05, 3.63) is 34.9 Å². The van der Waals surface area contributed by atoms with Crippen molar-refractivity contribution in [1.29, 1.82) is 0 Å². The van der Waals surface area contributed by atoms with Crippen LogP contribution < -0.4 is 0 Å². The lowest BCUT2D eigenvalue weighted by atomic mass is 9.64. The average molecular weight is 200 g/mol. The number of carbonyl (C=O) groups is 2. The quantitative estimate of drug-likeness (QED) is 0.442. The molecule has 4 aliphatic rings. The van der Waals surface area contributed by atoms with Crippen molar-refractivity contribution in [3.8, 4) is 0 Å². The second-order valence-electron chi connectivity index (χ2n) is 4.54. The van der Waals surface area contributed by atoms with Crippen LogP contribution in [0.25, 0.3) is 0 Å². The second-order valence-corrected chi connectivity index (χ2v) is 4.54. The highest BCUT2D eigenvalue weighted by molar-refractivity contribution is 6.21. The highest BCUT2D eigenvalue weighted by Crippen LogP contribution is 2.46. The summed E-state index contributed by atoms with van der Waals surface area (Å²) in [6, 6.07) is 0. The standard InChI is InChI=1S/C13H12O2/c1-7-6-8-2-3-9(7)13-11(15)5-4-10(14)12(8)13/h4-6,8-9H,2-3H2,1H3. The number of allylic oxidation sites excluding steroid dienone is 6. The van der Waals surface area contributed by atoms with E-state index in [1.165, 1.54) is 17.7 Å². The summed E-state index contributed by atoms with van der Waals surface area (Å²) in [7, 11) is 0. The third-order valence-electron chi connectivity index (χ3n) is 3.71. The average Bonchev–Trinajstić information content (AvgIpc) is 2.23. The monoisotopic (exact) mass is 200 g/mol. The topological polar surface area (TPSA) is 34.1 Å². The Morgan fingerprint density at radius 3 is 2.40 bits per heavy atom. The van der Waals surface area contributed by atoms with Gasteiger partial charge in [0.2, 0.25) is 0 Å². The van der Waals surface area contributed by atoms with E-state index in [0.29, 0.717) is 0 Å². The number of ketones is 2. The Balaban J connectivity index is 2.19. The van der Waals surface area contributed by atoms with E-state index in [-0.39, 0.29) is 23.4 Å². The summed E-state index contributed by atoms with van der Waals surface area (Å²) >= 11 is 0. The maximum absolute atomic E-state index is 11.8. The van der Waals surface area contributed by atoms with E-state index in [4.69, 9.17) is 0 Å². The van der Waals surface area contributed by atoms with Gasteiger partial charge in [-0.15, -0.1) is 0 Å². The molecular weight excluding hydrogens is 188 g/mol. The van der Waals surface area contributed by atoms with E-state index in [9.17, 15) is 9.59 Å². The van der Waals surface area contributed by atoms with Crippen LogP contribution in [-0.4, -0.2) is 11.6 Å². The predicted octanol–water partition coefficient (Wildman–Crippen LogP) is 1.98. The Bertz CT molecular complexity index is 463. The number of fused-ring (bicyclic) bond motifs is 1. The van der Waals surface area contributed by atoms with Crippen molar-refractivity contribution in [2.45, 2.75) is 19.8 Å². The fraction of sp³-hybridized carbons (Fsp3) is 0.385. The highest BCUT2D eigenvalue weighted by Gasteiger charge is 2.40. The van der Waals surface area contributed by atoms with Crippen LogP contribution >= 0.6 is 0 Å². The Labute approximate surface area is 88.4 Å². The molecule has 0 amide bonds. The second kappa shape index (κ2) is 2.78. The van der Waals surface area contributed by atoms with Gasteiger partial charge in [-0.3, -0.25) is 9.59 Å². The molecule has 2 unspecified atom stereocenters. The minimum absolute atomic E-state index is 0.0445. The zero-order valence-electron chi connectivity index (χ0n) is 8.62. The minimum Gasteiger partial charge on any atom is -0.290 e. The summed E-state index contributed by atoms with van der Waals surface area (Å²) in [5, 5.41) is 0. The summed E-state index contributed by atoms with van der Waals surface area (Å²) in [5.41, 5.74) is 2.84. The predicted molar refractivity (Wildman–Crippen MR) is 56.2 cm³/mol. The van der Waals surface area contributed by atoms with Crippen LogP contribution in [0.15, 0.2) is 34.9 Å². The van der Waals surface area contributed by atoms with Gasteiger partial charge in [-0.1, -0.05) is 11.6 Å². The Morgan fingerprint density at radius 1 is 1.07 bits per heavy atom. The third kappa shape index (κ3) is 1.05. The summed E-state index contributed by atoms with van der Waals surface area (Å²) in [6.45, 7) is 2.07. The molecule has 2 heteroatoms. The van der Waals surface area contributed by atoms with Crippen LogP contribution in [0.1, 0.15) is 19.8 Å². The van der Waals surface area contributed by atoms with Gasteiger partial charge in [0, 0.05) is 23.0 Å². The third-order valence-corrected chi connectivity index (χ3v) is 3.71. The molecule has 0 saturated carbocycles. The molecule has 0 saturated heterocycles. The van der Waals surface area contributed by atoms with Gasteiger partial charge in [-0.25, -0.2) is 0 Å². The molecule has 0 heterocycles. The molecule has 0 aliphatic heterocycles. The first-order valence-corrected chi connectivity index (χ1v) is 5.37. The summed E-state index contributed by atoms with van der Waals surface area (Å²) in [6.07, 6.45) is 7.06. The van der Waals surface area contributed by atoms with Crippen LogP contribution in [0.2, 0.25) is 0 Å². The van der Waals surface area contributed by atoms with Crippen LogP contribution in [0.5, 0.6) is 0 Å². The fourth-order valence-corrected chi connectivity index (χ4v) is 3.03. The first-order chi connectivity index (χ1) is 7.18. The van der Waals surface area contributed by atoms with Crippen molar-refractivity contribution in [2.24, 2.45) is 11.8 Å². The van der Waals surface area contributed by atoms with Gasteiger partial charge in [0.25, 0.3) is 0 Å². The van der Waals surface area contributed by atoms with E-state index in [1.54, 1.807) is 0 Å². The highest BCUT2D eigenvalue weighted by atomic mass is 16.1. The van der Waals surface area contributed by atoms with Crippen LogP contribution in [0.3, 0.4) is 0 Å². The van der Waals surface area contributed by atoms with Gasteiger partial charge >= 0.3 is 0 Å². The molecule has 76 valence electrons. The smallest absolute Gasteiger partial charge is 0.183 e. The molecule has 0 aromatic rings. The molecule has 0 aromatic carbocycles. The lowest BCUT2D eigenvalue weighted by Gasteiger charge is -2.38. The molecule has 4 rings (SSSR count). The lowest BCUT2D eigenvalue weighted by molar-refractivity contribution is -0.116. The molecule has 0 fully saturated rings. The Kier molecular flexibility index (Phi) is 1.64. The van der Waals surface area contributed by atoms with E-state index >= 15 is 0 Å². The van der Waals surface area contributed by atoms with Crippen molar-refractivity contribution >= 4 is 11.6 Å². The maximum Gasteiger partial charge on any atom is 0.183 e. The first-order valence-electron chi connectivity index (χ1n) is 5.37. The summed E-state index contributed by atoms with van der Waals surface area (Å²) in [5.74, 6) is 0.507. The van der Waals surface area contributed by atoms with E-state index in [0.717, 1.165) is 24.0 Å². The first kappa shape index (κ1) is 8.84. The minimum atomic E-state index is 0.0445. The lowest BCUT2D eigenvalue weighted by Crippen LogP contribution is -2.33. The molecule has 0 N–H and O–H groups in total. The maximum atomic E-state index is 11.8. The van der Waals surface area contributed by atoms with E-state index < -0.39 is 0 Å². The van der Waals surface area contributed by atoms with Crippen molar-refractivity contribution in [3.63, 3.8) is 0 Å². The van der Waals surface area contributed by atoms with Crippen LogP contribution in [0, 0.1) is 11.8 Å². The Hall–Kier alpha value is -1.44. The Morgan fingerprint density at radius 2 is 1.73 bits per heavy atom. The molecule has 2 bridgehead atoms. The molecule has 15 heavy (non-hydrogen) atoms. The molecule has 0 spiro atoms. The largest absolute Gasteiger partial charge is 0.290 e. The van der Waals surface area contributed by atoms with Crippen LogP contribution in [-0.2, 0) is 9.59 Å². The van der Waals surface area contributed by atoms with Gasteiger partial charge in [0.15, 0.2) is 11.6 Å². The zero-order valence-corrected chi connectivity index (χ0v) is 8.62. The molecule has 0 aromatic heterocycles. The van der Waals surface area contributed by atoms with Gasteiger partial charge in [-0.05, 0) is 31.9 Å². The molecule has 2 nitrogen and oxygen atoms in total. The van der Waals surface area contributed by atoms with Crippen molar-refractivity contribution in [2.75, 3.05) is 0 Å². The van der Waals surface area contributed by atoms with Crippen molar-refractivity contribution in [1.82, 2.24) is 0 Å². The van der Waals surface area contributed by atoms with Gasteiger partial charge in [0.05, 0.1) is 0 Å². The number of hydrogen-bond acceptors (Lipinski definition) is 2. The fourth-order valence-electron chi connectivity index (χ4n) is 3.03. The SMILES string of the molecule is CC1=CC2CCC1C1=C2C(=O)C=CC1=O. The van der Waals surface area contributed by atoms with Crippen LogP contribution in [0.4, 0.5) is 0 Å². The van der Waals surface area contributed by atoms with E-state index in [2.05, 4.69) is 13.0 Å². The summed E-state index contributed by atoms with van der Waals surface area (Å²) < 4.78 is 0. The molecule has 2 atom stereocenters. The van der Waals surface area contributed by atoms with Crippen molar-refractivity contribution < 1.29 is 9.59 Å². The molecule has 0 radical (unpaired) electrons.